The number of rotatable bonds is 18. The number of benzene rings is 2. The largest absolute Gasteiger partial charge is 0.463 e. The second-order valence-corrected chi connectivity index (χ2v) is 13.5. The van der Waals surface area contributed by atoms with Crippen molar-refractivity contribution in [2.24, 2.45) is 0 Å². The van der Waals surface area contributed by atoms with E-state index in [9.17, 15) is 13.5 Å². The van der Waals surface area contributed by atoms with Crippen molar-refractivity contribution in [3.05, 3.63) is 59.2 Å². The average Bonchev–Trinajstić information content (AvgIpc) is 2.92. The van der Waals surface area contributed by atoms with Gasteiger partial charge in [-0.1, -0.05) is 37.5 Å². The molecule has 1 saturated carbocycles. The van der Waals surface area contributed by atoms with Gasteiger partial charge in [0.1, 0.15) is 5.75 Å². The third-order valence-electron chi connectivity index (χ3n) is 7.77. The lowest BCUT2D eigenvalue weighted by molar-refractivity contribution is -0.180. The maximum Gasteiger partial charge on any atom is 0.240 e. The zero-order valence-corrected chi connectivity index (χ0v) is 25.5. The Kier molecular flexibility index (Phi) is 12.0. The first-order chi connectivity index (χ1) is 19.7. The van der Waals surface area contributed by atoms with E-state index in [1.165, 1.54) is 0 Å². The standard InChI is InChI=1S/C32H48N2O6S/c1-32(2)39-24-27-22-26(16-17-31(27)40-32)30(35)23-33-18-6-3-4-7-19-38-20-8-5-11-25-12-9-15-29(21-25)41(36,37)34-28-13-10-14-28/h9,12,15-17,21-22,28,30,33-35H,3-8,10-11,13-14,18-20,23-24H2,1-2H3. The first kappa shape index (κ1) is 31.9. The van der Waals surface area contributed by atoms with Crippen LogP contribution in [0.15, 0.2) is 47.4 Å². The molecule has 0 radical (unpaired) electrons. The summed E-state index contributed by atoms with van der Waals surface area (Å²) in [6.07, 6.45) is 9.57. The lowest BCUT2D eigenvalue weighted by Gasteiger charge is -2.33. The van der Waals surface area contributed by atoms with Gasteiger partial charge in [-0.25, -0.2) is 13.1 Å². The Labute approximate surface area is 246 Å². The number of ether oxygens (including phenoxy) is 3. The number of sulfonamides is 1. The third-order valence-corrected chi connectivity index (χ3v) is 9.29. The molecule has 0 amide bonds. The summed E-state index contributed by atoms with van der Waals surface area (Å²) in [6.45, 7) is 7.19. The lowest BCUT2D eigenvalue weighted by atomic mass is 9.94. The molecule has 1 aliphatic carbocycles. The van der Waals surface area contributed by atoms with Gasteiger partial charge >= 0.3 is 0 Å². The van der Waals surface area contributed by atoms with Crippen LogP contribution in [-0.4, -0.2) is 51.7 Å². The molecule has 9 heteroatoms. The number of aliphatic hydroxyl groups is 1. The van der Waals surface area contributed by atoms with Gasteiger partial charge in [0.05, 0.1) is 17.6 Å². The normalized spacial score (nSPS) is 17.4. The molecule has 41 heavy (non-hydrogen) atoms. The molecular weight excluding hydrogens is 540 g/mol. The van der Waals surface area contributed by atoms with Crippen LogP contribution in [0.4, 0.5) is 0 Å². The first-order valence-electron chi connectivity index (χ1n) is 15.3. The molecule has 2 aromatic carbocycles. The molecule has 2 aromatic rings. The number of nitrogens with one attached hydrogen (secondary N) is 2. The second kappa shape index (κ2) is 15.5. The summed E-state index contributed by atoms with van der Waals surface area (Å²) in [4.78, 5) is 0.370. The summed E-state index contributed by atoms with van der Waals surface area (Å²) in [7, 11) is -3.42. The smallest absolute Gasteiger partial charge is 0.240 e. The summed E-state index contributed by atoms with van der Waals surface area (Å²) in [6, 6.07) is 13.2. The van der Waals surface area contributed by atoms with Crippen LogP contribution in [0, 0.1) is 0 Å². The van der Waals surface area contributed by atoms with Crippen molar-refractivity contribution in [1.82, 2.24) is 10.0 Å². The van der Waals surface area contributed by atoms with Gasteiger partial charge in [-0.15, -0.1) is 0 Å². The highest BCUT2D eigenvalue weighted by Crippen LogP contribution is 2.32. The summed E-state index contributed by atoms with van der Waals surface area (Å²) < 4.78 is 45.2. The Bertz CT molecular complexity index is 1200. The van der Waals surface area contributed by atoms with E-state index >= 15 is 0 Å². The molecule has 0 aromatic heterocycles. The van der Waals surface area contributed by atoms with Crippen LogP contribution in [0.5, 0.6) is 5.75 Å². The molecule has 2 aliphatic rings. The van der Waals surface area contributed by atoms with E-state index in [0.29, 0.717) is 18.0 Å². The minimum absolute atomic E-state index is 0.100. The van der Waals surface area contributed by atoms with Gasteiger partial charge in [-0.2, -0.15) is 0 Å². The lowest BCUT2D eigenvalue weighted by Crippen LogP contribution is -2.39. The van der Waals surface area contributed by atoms with Gasteiger partial charge in [-0.05, 0) is 86.9 Å². The maximum atomic E-state index is 12.5. The second-order valence-electron chi connectivity index (χ2n) is 11.8. The Hall–Kier alpha value is -2.01. The van der Waals surface area contributed by atoms with Crippen molar-refractivity contribution < 1.29 is 27.7 Å². The number of unbranched alkanes of at least 4 members (excludes halogenated alkanes) is 4. The number of hydrogen-bond donors (Lipinski definition) is 3. The number of aryl methyl sites for hydroxylation is 1. The van der Waals surface area contributed by atoms with E-state index in [2.05, 4.69) is 10.0 Å². The van der Waals surface area contributed by atoms with Crippen LogP contribution in [0.25, 0.3) is 0 Å². The molecule has 1 unspecified atom stereocenters. The highest BCUT2D eigenvalue weighted by Gasteiger charge is 2.28. The Morgan fingerprint density at radius 1 is 1.02 bits per heavy atom. The zero-order chi connectivity index (χ0) is 29.1. The van der Waals surface area contributed by atoms with Gasteiger partial charge in [0.2, 0.25) is 15.8 Å². The third kappa shape index (κ3) is 10.3. The fourth-order valence-corrected chi connectivity index (χ4v) is 6.42. The van der Waals surface area contributed by atoms with Crippen LogP contribution < -0.4 is 14.8 Å². The van der Waals surface area contributed by atoms with Crippen molar-refractivity contribution in [2.75, 3.05) is 26.3 Å². The van der Waals surface area contributed by atoms with E-state index in [1.54, 1.807) is 12.1 Å². The molecule has 1 heterocycles. The van der Waals surface area contributed by atoms with E-state index in [0.717, 1.165) is 106 Å². The molecule has 1 aliphatic heterocycles. The first-order valence-corrected chi connectivity index (χ1v) is 16.7. The average molecular weight is 589 g/mol. The predicted octanol–water partition coefficient (Wildman–Crippen LogP) is 5.39. The summed E-state index contributed by atoms with van der Waals surface area (Å²) in [5.74, 6) is 0.207. The molecule has 1 fully saturated rings. The highest BCUT2D eigenvalue weighted by molar-refractivity contribution is 7.89. The topological polar surface area (TPSA) is 106 Å². The van der Waals surface area contributed by atoms with Crippen LogP contribution in [0.3, 0.4) is 0 Å². The van der Waals surface area contributed by atoms with Gasteiger partial charge < -0.3 is 24.6 Å². The minimum atomic E-state index is -3.42. The Balaban J connectivity index is 0.979. The zero-order valence-electron chi connectivity index (χ0n) is 24.7. The van der Waals surface area contributed by atoms with Crippen molar-refractivity contribution >= 4 is 10.0 Å². The van der Waals surface area contributed by atoms with Gasteiger partial charge in [-0.3, -0.25) is 0 Å². The minimum Gasteiger partial charge on any atom is -0.463 e. The fraction of sp³-hybridized carbons (Fsp3) is 0.625. The fourth-order valence-electron chi connectivity index (χ4n) is 5.05. The van der Waals surface area contributed by atoms with Crippen molar-refractivity contribution in [2.45, 2.75) is 107 Å². The van der Waals surface area contributed by atoms with Gasteiger partial charge in [0.25, 0.3) is 0 Å². The molecule has 0 bridgehead atoms. The summed E-state index contributed by atoms with van der Waals surface area (Å²) >= 11 is 0. The van der Waals surface area contributed by atoms with E-state index in [1.807, 2.05) is 44.2 Å². The predicted molar refractivity (Wildman–Crippen MR) is 160 cm³/mol. The number of fused-ring (bicyclic) bond motifs is 1. The number of aliphatic hydroxyl groups excluding tert-OH is 1. The highest BCUT2D eigenvalue weighted by atomic mass is 32.2. The van der Waals surface area contributed by atoms with E-state index in [-0.39, 0.29) is 6.04 Å². The summed E-state index contributed by atoms with van der Waals surface area (Å²) in [5.41, 5.74) is 2.90. The van der Waals surface area contributed by atoms with E-state index < -0.39 is 21.9 Å². The van der Waals surface area contributed by atoms with Crippen LogP contribution >= 0.6 is 0 Å². The molecule has 0 spiro atoms. The van der Waals surface area contributed by atoms with Crippen LogP contribution in [0.1, 0.15) is 94.4 Å². The molecule has 8 nitrogen and oxygen atoms in total. The van der Waals surface area contributed by atoms with Crippen LogP contribution in [-0.2, 0) is 32.5 Å². The molecule has 3 N–H and O–H groups in total. The van der Waals surface area contributed by atoms with Gasteiger partial charge in [0, 0.05) is 45.2 Å². The Morgan fingerprint density at radius 2 is 1.80 bits per heavy atom. The SMILES string of the molecule is CC1(C)OCc2cc(C(O)CNCCCCCCOCCCCc3cccc(S(=O)(=O)NC4CCC4)c3)ccc2O1. The summed E-state index contributed by atoms with van der Waals surface area (Å²) in [5, 5.41) is 13.9. The molecule has 4 rings (SSSR count). The van der Waals surface area contributed by atoms with Crippen molar-refractivity contribution in [1.29, 1.82) is 0 Å². The van der Waals surface area contributed by atoms with Crippen molar-refractivity contribution in [3.8, 4) is 5.75 Å². The molecule has 0 saturated heterocycles. The monoisotopic (exact) mass is 588 g/mol. The van der Waals surface area contributed by atoms with Crippen molar-refractivity contribution in [3.63, 3.8) is 0 Å². The van der Waals surface area contributed by atoms with Crippen LogP contribution in [0.2, 0.25) is 0 Å². The van der Waals surface area contributed by atoms with E-state index in [4.69, 9.17) is 14.2 Å². The molecular formula is C32H48N2O6S. The molecule has 228 valence electrons. The maximum absolute atomic E-state index is 12.5. The quantitative estimate of drug-likeness (QED) is 0.201. The van der Waals surface area contributed by atoms with Gasteiger partial charge in [0.15, 0.2) is 0 Å². The Morgan fingerprint density at radius 3 is 2.59 bits per heavy atom. The molecule has 1 atom stereocenters. The number of hydrogen-bond acceptors (Lipinski definition) is 7.